The van der Waals surface area contributed by atoms with Crippen molar-refractivity contribution in [1.82, 2.24) is 9.38 Å². The second-order valence-electron chi connectivity index (χ2n) is 7.60. The van der Waals surface area contributed by atoms with Crippen molar-refractivity contribution in [2.45, 2.75) is 13.5 Å². The van der Waals surface area contributed by atoms with Crippen LogP contribution in [-0.2, 0) is 6.61 Å². The van der Waals surface area contributed by atoms with Gasteiger partial charge in [-0.3, -0.25) is 9.20 Å². The lowest BCUT2D eigenvalue weighted by molar-refractivity contribution is 0.262. The number of nitrogens with zero attached hydrogens (tertiary/aromatic N) is 2. The molecule has 0 saturated carbocycles. The number of benzene rings is 2. The van der Waals surface area contributed by atoms with E-state index in [9.17, 15) is 9.59 Å². The number of hydrogen-bond donors (Lipinski definition) is 2. The fourth-order valence-corrected chi connectivity index (χ4v) is 3.64. The van der Waals surface area contributed by atoms with E-state index in [-0.39, 0.29) is 12.2 Å². The first-order valence-corrected chi connectivity index (χ1v) is 11.0. The fraction of sp³-hybridized carbons (Fsp3) is 0.160. The number of methoxy groups -OCH3 is 2. The molecule has 0 fully saturated rings. The van der Waals surface area contributed by atoms with Crippen LogP contribution < -0.4 is 30.4 Å². The lowest BCUT2D eigenvalue weighted by Gasteiger charge is -2.14. The number of anilines is 2. The Kier molecular flexibility index (Phi) is 7.07. The van der Waals surface area contributed by atoms with Crippen LogP contribution in [0.25, 0.3) is 5.65 Å². The summed E-state index contributed by atoms with van der Waals surface area (Å²) >= 11 is 6.16. The summed E-state index contributed by atoms with van der Waals surface area (Å²) in [5.74, 6) is 1.32. The van der Waals surface area contributed by atoms with E-state index >= 15 is 0 Å². The summed E-state index contributed by atoms with van der Waals surface area (Å²) in [4.78, 5) is 29.4. The van der Waals surface area contributed by atoms with Crippen molar-refractivity contribution in [3.63, 3.8) is 0 Å². The first-order valence-electron chi connectivity index (χ1n) is 10.6. The monoisotopic (exact) mass is 494 g/mol. The van der Waals surface area contributed by atoms with Crippen molar-refractivity contribution in [2.24, 2.45) is 0 Å². The molecule has 2 heterocycles. The van der Waals surface area contributed by atoms with Gasteiger partial charge in [-0.2, -0.15) is 0 Å². The van der Waals surface area contributed by atoms with Gasteiger partial charge < -0.3 is 24.8 Å². The zero-order valence-electron chi connectivity index (χ0n) is 19.3. The summed E-state index contributed by atoms with van der Waals surface area (Å²) in [6, 6.07) is 14.6. The van der Waals surface area contributed by atoms with Crippen LogP contribution in [0.2, 0.25) is 5.02 Å². The average molecular weight is 495 g/mol. The quantitative estimate of drug-likeness (QED) is 0.379. The molecule has 0 unspecified atom stereocenters. The molecule has 2 N–H and O–H groups in total. The molecule has 0 spiro atoms. The average Bonchev–Trinajstić information content (AvgIpc) is 2.83. The number of carbonyl (C=O) groups excluding carboxylic acids is 1. The molecule has 4 aromatic rings. The third kappa shape index (κ3) is 5.64. The molecule has 0 aliphatic carbocycles. The minimum Gasteiger partial charge on any atom is -0.495 e. The van der Waals surface area contributed by atoms with Gasteiger partial charge in [-0.1, -0.05) is 23.7 Å². The summed E-state index contributed by atoms with van der Waals surface area (Å²) in [6.07, 6.45) is 1.74. The number of halogens is 1. The van der Waals surface area contributed by atoms with E-state index in [0.717, 1.165) is 5.56 Å². The number of hydrogen-bond acceptors (Lipinski definition) is 6. The molecule has 2 amide bonds. The maximum atomic E-state index is 12.6. The lowest BCUT2D eigenvalue weighted by atomic mass is 10.2. The van der Waals surface area contributed by atoms with Crippen LogP contribution in [0.1, 0.15) is 11.3 Å². The molecule has 35 heavy (non-hydrogen) atoms. The Morgan fingerprint density at radius 1 is 1.03 bits per heavy atom. The molecule has 10 heteroatoms. The van der Waals surface area contributed by atoms with E-state index in [1.807, 2.05) is 13.0 Å². The van der Waals surface area contributed by atoms with Gasteiger partial charge >= 0.3 is 6.03 Å². The molecule has 0 aliphatic heterocycles. The first-order chi connectivity index (χ1) is 16.9. The number of rotatable bonds is 7. The van der Waals surface area contributed by atoms with Crippen molar-refractivity contribution < 1.29 is 19.0 Å². The van der Waals surface area contributed by atoms with Crippen molar-refractivity contribution in [3.8, 4) is 17.2 Å². The largest absolute Gasteiger partial charge is 0.495 e. The highest BCUT2D eigenvalue weighted by molar-refractivity contribution is 6.32. The van der Waals surface area contributed by atoms with E-state index in [2.05, 4.69) is 15.6 Å². The predicted octanol–water partition coefficient (Wildman–Crippen LogP) is 4.90. The van der Waals surface area contributed by atoms with Gasteiger partial charge in [-0.05, 0) is 36.8 Å². The van der Waals surface area contributed by atoms with Gasteiger partial charge in [0.25, 0.3) is 5.56 Å². The normalized spacial score (nSPS) is 10.6. The van der Waals surface area contributed by atoms with Gasteiger partial charge in [0.15, 0.2) is 0 Å². The molecule has 9 nitrogen and oxygen atoms in total. The number of nitrogens with one attached hydrogen (secondary N) is 2. The van der Waals surface area contributed by atoms with Gasteiger partial charge in [-0.15, -0.1) is 0 Å². The summed E-state index contributed by atoms with van der Waals surface area (Å²) < 4.78 is 17.8. The fourth-order valence-electron chi connectivity index (χ4n) is 3.40. The highest BCUT2D eigenvalue weighted by Crippen LogP contribution is 2.36. The number of ether oxygens (including phenoxy) is 3. The Hall–Kier alpha value is -4.24. The molecule has 180 valence electrons. The number of aromatic nitrogens is 2. The zero-order chi connectivity index (χ0) is 24.9. The minimum atomic E-state index is -0.499. The lowest BCUT2D eigenvalue weighted by Crippen LogP contribution is -2.20. The molecule has 2 aromatic carbocycles. The van der Waals surface area contributed by atoms with Crippen LogP contribution in [0.3, 0.4) is 0 Å². The third-order valence-corrected chi connectivity index (χ3v) is 5.36. The maximum absolute atomic E-state index is 12.6. The smallest absolute Gasteiger partial charge is 0.323 e. The van der Waals surface area contributed by atoms with Crippen molar-refractivity contribution in [2.75, 3.05) is 24.9 Å². The third-order valence-electron chi connectivity index (χ3n) is 5.06. The van der Waals surface area contributed by atoms with Crippen LogP contribution in [0.15, 0.2) is 65.6 Å². The number of pyridine rings is 1. The number of aryl methyl sites for hydroxylation is 1. The molecule has 0 saturated heterocycles. The number of amides is 2. The molecule has 0 aliphatic rings. The molecule has 4 rings (SSSR count). The Labute approximate surface area is 206 Å². The van der Waals surface area contributed by atoms with Crippen LogP contribution in [-0.4, -0.2) is 29.6 Å². The summed E-state index contributed by atoms with van der Waals surface area (Å²) in [7, 11) is 2.97. The Morgan fingerprint density at radius 3 is 2.60 bits per heavy atom. The Morgan fingerprint density at radius 2 is 1.83 bits per heavy atom. The second kappa shape index (κ2) is 10.4. The molecular formula is C25H23ClN4O5. The first kappa shape index (κ1) is 23.9. The number of fused-ring (bicyclic) bond motifs is 1. The maximum Gasteiger partial charge on any atom is 0.323 e. The van der Waals surface area contributed by atoms with Crippen LogP contribution in [0, 0.1) is 6.92 Å². The summed E-state index contributed by atoms with van der Waals surface area (Å²) in [5.41, 5.74) is 2.71. The predicted molar refractivity (Wildman–Crippen MR) is 134 cm³/mol. The van der Waals surface area contributed by atoms with E-state index < -0.39 is 6.03 Å². The summed E-state index contributed by atoms with van der Waals surface area (Å²) in [5, 5.41) is 5.77. The van der Waals surface area contributed by atoms with Gasteiger partial charge in [0.1, 0.15) is 29.5 Å². The van der Waals surface area contributed by atoms with Crippen LogP contribution in [0.4, 0.5) is 16.2 Å². The minimum absolute atomic E-state index is 0.0941. The van der Waals surface area contributed by atoms with E-state index in [1.54, 1.807) is 48.7 Å². The molecule has 2 aromatic heterocycles. The van der Waals surface area contributed by atoms with Crippen LogP contribution >= 0.6 is 11.6 Å². The molecular weight excluding hydrogens is 472 g/mol. The van der Waals surface area contributed by atoms with Crippen LogP contribution in [0.5, 0.6) is 17.2 Å². The van der Waals surface area contributed by atoms with Crippen molar-refractivity contribution in [3.05, 3.63) is 87.4 Å². The molecule has 0 radical (unpaired) electrons. The van der Waals surface area contributed by atoms with Gasteiger partial charge in [0.2, 0.25) is 0 Å². The van der Waals surface area contributed by atoms with Gasteiger partial charge in [0.05, 0.1) is 30.6 Å². The highest BCUT2D eigenvalue weighted by atomic mass is 35.5. The second-order valence-corrected chi connectivity index (χ2v) is 8.01. The van der Waals surface area contributed by atoms with Gasteiger partial charge in [0, 0.05) is 30.1 Å². The summed E-state index contributed by atoms with van der Waals surface area (Å²) in [6.45, 7) is 2.00. The van der Waals surface area contributed by atoms with E-state index in [0.29, 0.717) is 45.0 Å². The van der Waals surface area contributed by atoms with Gasteiger partial charge in [-0.25, -0.2) is 9.78 Å². The topological polar surface area (TPSA) is 103 Å². The number of carbonyl (C=O) groups is 1. The zero-order valence-corrected chi connectivity index (χ0v) is 20.1. The Balaban J connectivity index is 1.43. The molecule has 0 atom stereocenters. The SMILES string of the molecule is COc1cc(OC)c(NC(=O)Nc2cccc(OCc3cc(=O)n4cc(C)ccc4n3)c2)cc1Cl. The van der Waals surface area contributed by atoms with Crippen molar-refractivity contribution >= 4 is 34.7 Å². The number of urea groups is 1. The highest BCUT2D eigenvalue weighted by Gasteiger charge is 2.13. The standard InChI is InChI=1S/C25H23ClN4O5/c1-15-7-8-23-27-17(10-24(31)30(23)13-15)14-35-18-6-4-5-16(9-18)28-25(32)29-20-11-19(26)21(33-2)12-22(20)34-3/h4-13H,14H2,1-3H3,(H2,28,29,32). The Bertz CT molecular complexity index is 1450. The van der Waals surface area contributed by atoms with E-state index in [4.69, 9.17) is 25.8 Å². The van der Waals surface area contributed by atoms with Crippen molar-refractivity contribution in [1.29, 1.82) is 0 Å². The van der Waals surface area contributed by atoms with E-state index in [1.165, 1.54) is 24.7 Å². The molecule has 0 bridgehead atoms.